The lowest BCUT2D eigenvalue weighted by Crippen LogP contribution is -1.95. The van der Waals surface area contributed by atoms with Crippen molar-refractivity contribution in [3.05, 3.63) is 29.3 Å². The summed E-state index contributed by atoms with van der Waals surface area (Å²) in [6.07, 6.45) is 2.13. The second-order valence-corrected chi connectivity index (χ2v) is 2.81. The van der Waals surface area contributed by atoms with Crippen LogP contribution in [0.5, 0.6) is 5.75 Å². The van der Waals surface area contributed by atoms with E-state index in [1.807, 2.05) is 6.07 Å². The molecule has 0 aromatic heterocycles. The Hall–Kier alpha value is -0.980. The van der Waals surface area contributed by atoms with Crippen LogP contribution in [0.25, 0.3) is 0 Å². The highest BCUT2D eigenvalue weighted by molar-refractivity contribution is 5.40. The highest BCUT2D eigenvalue weighted by Gasteiger charge is 2.03. The van der Waals surface area contributed by atoms with Gasteiger partial charge >= 0.3 is 0 Å². The van der Waals surface area contributed by atoms with E-state index < -0.39 is 0 Å². The van der Waals surface area contributed by atoms with Crippen LogP contribution in [-0.4, -0.2) is 7.11 Å². The van der Waals surface area contributed by atoms with E-state index in [9.17, 15) is 0 Å². The standard InChI is InChI=1S/C11H16O/c1-4-9-7-6-8-11(12-3)10(9)5-2/h6-8H,4-5H2,1-3H3. The first-order valence-corrected chi connectivity index (χ1v) is 4.48. The summed E-state index contributed by atoms with van der Waals surface area (Å²) in [4.78, 5) is 0. The van der Waals surface area contributed by atoms with Gasteiger partial charge in [-0.05, 0) is 30.0 Å². The molecule has 0 heterocycles. The number of rotatable bonds is 3. The van der Waals surface area contributed by atoms with Gasteiger partial charge in [0, 0.05) is 0 Å². The average molecular weight is 164 g/mol. The summed E-state index contributed by atoms with van der Waals surface area (Å²) in [5.41, 5.74) is 2.75. The minimum Gasteiger partial charge on any atom is -0.496 e. The molecule has 0 fully saturated rings. The van der Waals surface area contributed by atoms with Crippen LogP contribution in [0.4, 0.5) is 0 Å². The summed E-state index contributed by atoms with van der Waals surface area (Å²) in [7, 11) is 1.73. The van der Waals surface area contributed by atoms with E-state index >= 15 is 0 Å². The molecule has 0 aliphatic heterocycles. The molecule has 1 nitrogen and oxygen atoms in total. The normalized spacial score (nSPS) is 9.92. The second-order valence-electron chi connectivity index (χ2n) is 2.81. The zero-order valence-corrected chi connectivity index (χ0v) is 8.05. The van der Waals surface area contributed by atoms with Gasteiger partial charge in [0.25, 0.3) is 0 Å². The van der Waals surface area contributed by atoms with Crippen LogP contribution in [0, 0.1) is 0 Å². The molecule has 0 atom stereocenters. The topological polar surface area (TPSA) is 9.23 Å². The number of hydrogen-bond acceptors (Lipinski definition) is 1. The van der Waals surface area contributed by atoms with Gasteiger partial charge < -0.3 is 4.74 Å². The van der Waals surface area contributed by atoms with Crippen molar-refractivity contribution in [2.45, 2.75) is 26.7 Å². The summed E-state index contributed by atoms with van der Waals surface area (Å²) in [6.45, 7) is 4.34. The summed E-state index contributed by atoms with van der Waals surface area (Å²) in [5.74, 6) is 1.02. The Labute approximate surface area is 74.4 Å². The zero-order valence-electron chi connectivity index (χ0n) is 8.05. The molecule has 1 rings (SSSR count). The Balaban J connectivity index is 3.13. The molecule has 0 radical (unpaired) electrons. The van der Waals surface area contributed by atoms with Crippen LogP contribution in [0.3, 0.4) is 0 Å². The molecule has 0 aliphatic rings. The molecule has 0 unspecified atom stereocenters. The largest absolute Gasteiger partial charge is 0.496 e. The van der Waals surface area contributed by atoms with Crippen LogP contribution in [-0.2, 0) is 12.8 Å². The monoisotopic (exact) mass is 164 g/mol. The molecule has 1 aromatic carbocycles. The van der Waals surface area contributed by atoms with Crippen molar-refractivity contribution in [3.8, 4) is 5.75 Å². The van der Waals surface area contributed by atoms with Crippen molar-refractivity contribution in [2.24, 2.45) is 0 Å². The van der Waals surface area contributed by atoms with Gasteiger partial charge in [-0.1, -0.05) is 26.0 Å². The van der Waals surface area contributed by atoms with E-state index in [1.54, 1.807) is 7.11 Å². The molecule has 0 saturated carbocycles. The third kappa shape index (κ3) is 1.60. The molecule has 1 aromatic rings. The summed E-state index contributed by atoms with van der Waals surface area (Å²) < 4.78 is 5.28. The zero-order chi connectivity index (χ0) is 8.97. The quantitative estimate of drug-likeness (QED) is 0.667. The maximum absolute atomic E-state index is 5.28. The first-order valence-electron chi connectivity index (χ1n) is 4.48. The van der Waals surface area contributed by atoms with Gasteiger partial charge in [0.05, 0.1) is 7.11 Å². The van der Waals surface area contributed by atoms with Crippen molar-refractivity contribution >= 4 is 0 Å². The van der Waals surface area contributed by atoms with Crippen molar-refractivity contribution in [2.75, 3.05) is 7.11 Å². The lowest BCUT2D eigenvalue weighted by Gasteiger charge is -2.10. The number of hydrogen-bond donors (Lipinski definition) is 0. The smallest absolute Gasteiger partial charge is 0.122 e. The van der Waals surface area contributed by atoms with Crippen molar-refractivity contribution in [3.63, 3.8) is 0 Å². The maximum atomic E-state index is 5.28. The molecule has 0 N–H and O–H groups in total. The second kappa shape index (κ2) is 4.15. The van der Waals surface area contributed by atoms with E-state index in [-0.39, 0.29) is 0 Å². The maximum Gasteiger partial charge on any atom is 0.122 e. The molecule has 0 spiro atoms. The van der Waals surface area contributed by atoms with E-state index in [2.05, 4.69) is 26.0 Å². The van der Waals surface area contributed by atoms with E-state index in [0.29, 0.717) is 0 Å². The van der Waals surface area contributed by atoms with Gasteiger partial charge in [-0.2, -0.15) is 0 Å². The van der Waals surface area contributed by atoms with Crippen molar-refractivity contribution < 1.29 is 4.74 Å². The Morgan fingerprint density at radius 3 is 2.42 bits per heavy atom. The SMILES string of the molecule is CCc1cccc(OC)c1CC. The van der Waals surface area contributed by atoms with Gasteiger partial charge in [-0.15, -0.1) is 0 Å². The van der Waals surface area contributed by atoms with Crippen LogP contribution < -0.4 is 4.74 Å². The fourth-order valence-corrected chi connectivity index (χ4v) is 1.53. The number of benzene rings is 1. The first-order chi connectivity index (χ1) is 5.83. The molecule has 12 heavy (non-hydrogen) atoms. The minimum absolute atomic E-state index is 1.02. The van der Waals surface area contributed by atoms with Crippen molar-refractivity contribution in [1.29, 1.82) is 0 Å². The van der Waals surface area contributed by atoms with Gasteiger partial charge in [0.2, 0.25) is 0 Å². The van der Waals surface area contributed by atoms with Gasteiger partial charge in [0.15, 0.2) is 0 Å². The van der Waals surface area contributed by atoms with E-state index in [1.165, 1.54) is 11.1 Å². The van der Waals surface area contributed by atoms with Crippen LogP contribution in [0.1, 0.15) is 25.0 Å². The average Bonchev–Trinajstić information content (AvgIpc) is 2.16. The molecular formula is C11H16O. The molecule has 0 bridgehead atoms. The fourth-order valence-electron chi connectivity index (χ4n) is 1.53. The number of methoxy groups -OCH3 is 1. The third-order valence-corrected chi connectivity index (χ3v) is 2.18. The molecule has 0 aliphatic carbocycles. The lowest BCUT2D eigenvalue weighted by atomic mass is 10.0. The van der Waals surface area contributed by atoms with Gasteiger partial charge in [-0.3, -0.25) is 0 Å². The Morgan fingerprint density at radius 1 is 1.17 bits per heavy atom. The Morgan fingerprint density at radius 2 is 1.92 bits per heavy atom. The van der Waals surface area contributed by atoms with Crippen LogP contribution >= 0.6 is 0 Å². The minimum atomic E-state index is 1.02. The fraction of sp³-hybridized carbons (Fsp3) is 0.455. The van der Waals surface area contributed by atoms with E-state index in [0.717, 1.165) is 18.6 Å². The molecular weight excluding hydrogens is 148 g/mol. The summed E-state index contributed by atoms with van der Waals surface area (Å²) in [6, 6.07) is 6.25. The third-order valence-electron chi connectivity index (χ3n) is 2.18. The summed E-state index contributed by atoms with van der Waals surface area (Å²) in [5, 5.41) is 0. The first kappa shape index (κ1) is 9.11. The lowest BCUT2D eigenvalue weighted by molar-refractivity contribution is 0.409. The Kier molecular flexibility index (Phi) is 3.15. The number of aryl methyl sites for hydroxylation is 1. The highest BCUT2D eigenvalue weighted by Crippen LogP contribution is 2.22. The predicted molar refractivity (Wildman–Crippen MR) is 51.8 cm³/mol. The molecule has 66 valence electrons. The van der Waals surface area contributed by atoms with Crippen molar-refractivity contribution in [1.82, 2.24) is 0 Å². The van der Waals surface area contributed by atoms with Crippen LogP contribution in [0.2, 0.25) is 0 Å². The van der Waals surface area contributed by atoms with Crippen LogP contribution in [0.15, 0.2) is 18.2 Å². The highest BCUT2D eigenvalue weighted by atomic mass is 16.5. The Bertz CT molecular complexity index is 231. The predicted octanol–water partition coefficient (Wildman–Crippen LogP) is 2.82. The summed E-state index contributed by atoms with van der Waals surface area (Å²) >= 11 is 0. The molecule has 0 saturated heterocycles. The number of ether oxygens (including phenoxy) is 1. The van der Waals surface area contributed by atoms with Gasteiger partial charge in [-0.25, -0.2) is 0 Å². The van der Waals surface area contributed by atoms with Gasteiger partial charge in [0.1, 0.15) is 5.75 Å². The molecule has 1 heteroatoms. The molecule has 0 amide bonds. The van der Waals surface area contributed by atoms with E-state index in [4.69, 9.17) is 4.74 Å².